The van der Waals surface area contributed by atoms with E-state index < -0.39 is 5.97 Å². The number of ether oxygens (including phenoxy) is 1. The van der Waals surface area contributed by atoms with Crippen LogP contribution in [0.25, 0.3) is 0 Å². The molecule has 0 amide bonds. The van der Waals surface area contributed by atoms with Crippen molar-refractivity contribution in [1.29, 1.82) is 0 Å². The number of nitrogens with zero attached hydrogens (tertiary/aromatic N) is 2. The Hall–Kier alpha value is -2.02. The van der Waals surface area contributed by atoms with Crippen molar-refractivity contribution in [2.24, 2.45) is 0 Å². The van der Waals surface area contributed by atoms with Crippen LogP contribution in [0.3, 0.4) is 0 Å². The van der Waals surface area contributed by atoms with Crippen molar-refractivity contribution in [2.45, 2.75) is 12.1 Å². The van der Waals surface area contributed by atoms with Crippen LogP contribution in [-0.4, -0.2) is 33.6 Å². The van der Waals surface area contributed by atoms with Crippen LogP contribution in [-0.2, 0) is 0 Å². The minimum absolute atomic E-state index is 0.206. The molecule has 1 aromatic carbocycles. The summed E-state index contributed by atoms with van der Waals surface area (Å²) in [6.45, 7) is 2.15. The number of carboxylic acid groups (broad SMARTS) is 1. The van der Waals surface area contributed by atoms with Crippen molar-refractivity contribution < 1.29 is 19.1 Å². The molecule has 2 rings (SSSR count). The van der Waals surface area contributed by atoms with Gasteiger partial charge in [0.15, 0.2) is 0 Å². The summed E-state index contributed by atoms with van der Waals surface area (Å²) in [7, 11) is 0. The molecule has 0 radical (unpaired) electrons. The summed E-state index contributed by atoms with van der Waals surface area (Å²) in [4.78, 5) is 10.8. The highest BCUT2D eigenvalue weighted by molar-refractivity contribution is 7.99. The summed E-state index contributed by atoms with van der Waals surface area (Å²) in [5.41, 5.74) is 0.206. The summed E-state index contributed by atoms with van der Waals surface area (Å²) in [6.07, 6.45) is 0. The maximum atomic E-state index is 10.8. The molecule has 0 aliphatic rings. The van der Waals surface area contributed by atoms with Crippen molar-refractivity contribution in [3.63, 3.8) is 0 Å². The molecule has 0 bridgehead atoms. The second kappa shape index (κ2) is 6.24. The van der Waals surface area contributed by atoms with Crippen molar-refractivity contribution >= 4 is 17.7 Å². The first kappa shape index (κ1) is 13.4. The maximum absolute atomic E-state index is 10.8. The number of carboxylic acids is 1. The summed E-state index contributed by atoms with van der Waals surface area (Å²) in [6, 6.07) is 6.37. The van der Waals surface area contributed by atoms with Crippen LogP contribution in [0.5, 0.6) is 5.75 Å². The Morgan fingerprint density at radius 3 is 3.00 bits per heavy atom. The summed E-state index contributed by atoms with van der Waals surface area (Å²) in [5, 5.41) is 16.9. The second-order valence-corrected chi connectivity index (χ2v) is 4.66. The molecule has 0 fully saturated rings. The summed E-state index contributed by atoms with van der Waals surface area (Å²) < 4.78 is 10.6. The van der Waals surface area contributed by atoms with Gasteiger partial charge in [0.05, 0.1) is 12.2 Å². The van der Waals surface area contributed by atoms with Crippen LogP contribution in [0.1, 0.15) is 16.2 Å². The molecule has 0 saturated heterocycles. The predicted octanol–water partition coefficient (Wildman–Crippen LogP) is 2.25. The highest BCUT2D eigenvalue weighted by atomic mass is 32.2. The van der Waals surface area contributed by atoms with E-state index in [4.69, 9.17) is 14.3 Å². The first-order valence-corrected chi connectivity index (χ1v) is 6.53. The number of thioether (sulfide) groups is 1. The lowest BCUT2D eigenvalue weighted by atomic mass is 10.2. The van der Waals surface area contributed by atoms with Crippen molar-refractivity contribution in [3.05, 3.63) is 35.7 Å². The van der Waals surface area contributed by atoms with Crippen LogP contribution in [0.2, 0.25) is 0 Å². The average molecular weight is 280 g/mol. The first-order chi connectivity index (χ1) is 9.15. The zero-order valence-corrected chi connectivity index (χ0v) is 11.0. The fraction of sp³-hybridized carbons (Fsp3) is 0.250. The van der Waals surface area contributed by atoms with Crippen LogP contribution in [0.15, 0.2) is 33.9 Å². The number of hydrogen-bond donors (Lipinski definition) is 1. The van der Waals surface area contributed by atoms with Gasteiger partial charge in [-0.1, -0.05) is 17.8 Å². The predicted molar refractivity (Wildman–Crippen MR) is 68.7 cm³/mol. The molecule has 19 heavy (non-hydrogen) atoms. The number of aromatic carboxylic acids is 1. The van der Waals surface area contributed by atoms with Crippen LogP contribution in [0, 0.1) is 6.92 Å². The molecule has 0 atom stereocenters. The molecule has 0 saturated carbocycles. The van der Waals surface area contributed by atoms with Gasteiger partial charge in [0, 0.05) is 12.7 Å². The number of aryl methyl sites for hydroxylation is 1. The topological polar surface area (TPSA) is 85.5 Å². The number of aromatic nitrogens is 2. The standard InChI is InChI=1S/C12H12N2O4S/c1-8-13-14-12(18-8)19-6-5-17-10-4-2-3-9(7-10)11(15)16/h2-4,7H,5-6H2,1H3,(H,15,16). The van der Waals surface area contributed by atoms with E-state index in [-0.39, 0.29) is 5.56 Å². The number of hydrogen-bond acceptors (Lipinski definition) is 6. The molecule has 100 valence electrons. The highest BCUT2D eigenvalue weighted by Gasteiger charge is 2.05. The zero-order valence-electron chi connectivity index (χ0n) is 10.2. The third-order valence-electron chi connectivity index (χ3n) is 2.17. The SMILES string of the molecule is Cc1nnc(SCCOc2cccc(C(=O)O)c2)o1. The number of benzene rings is 1. The third kappa shape index (κ3) is 3.99. The Morgan fingerprint density at radius 1 is 1.47 bits per heavy atom. The van der Waals surface area contributed by atoms with Gasteiger partial charge in [0.1, 0.15) is 5.75 Å². The van der Waals surface area contributed by atoms with Crippen LogP contribution in [0.4, 0.5) is 0 Å². The Morgan fingerprint density at radius 2 is 2.32 bits per heavy atom. The van der Waals surface area contributed by atoms with Gasteiger partial charge in [0.2, 0.25) is 5.89 Å². The van der Waals surface area contributed by atoms with Crippen molar-refractivity contribution in [1.82, 2.24) is 10.2 Å². The molecule has 1 aromatic heterocycles. The number of carbonyl (C=O) groups is 1. The minimum atomic E-state index is -0.971. The van der Waals surface area contributed by atoms with Gasteiger partial charge >= 0.3 is 5.97 Å². The monoisotopic (exact) mass is 280 g/mol. The Labute approximate surface area is 113 Å². The van der Waals surface area contributed by atoms with Gasteiger partial charge in [-0.25, -0.2) is 4.79 Å². The van der Waals surface area contributed by atoms with Gasteiger partial charge in [-0.05, 0) is 18.2 Å². The van der Waals surface area contributed by atoms with Gasteiger partial charge in [-0.3, -0.25) is 0 Å². The Kier molecular flexibility index (Phi) is 4.40. The van der Waals surface area contributed by atoms with Crippen LogP contribution >= 0.6 is 11.8 Å². The Balaban J connectivity index is 1.79. The van der Waals surface area contributed by atoms with Gasteiger partial charge in [-0.2, -0.15) is 0 Å². The summed E-state index contributed by atoms with van der Waals surface area (Å²) >= 11 is 1.39. The quantitative estimate of drug-likeness (QED) is 0.641. The first-order valence-electron chi connectivity index (χ1n) is 5.54. The summed E-state index contributed by atoms with van der Waals surface area (Å²) in [5.74, 6) is 0.722. The molecule has 2 aromatic rings. The van der Waals surface area contributed by atoms with E-state index in [0.717, 1.165) is 0 Å². The van der Waals surface area contributed by atoms with E-state index in [2.05, 4.69) is 10.2 Å². The number of rotatable bonds is 6. The molecule has 1 heterocycles. The molecular weight excluding hydrogens is 268 g/mol. The smallest absolute Gasteiger partial charge is 0.335 e. The normalized spacial score (nSPS) is 10.4. The molecule has 0 unspecified atom stereocenters. The second-order valence-electron chi connectivity index (χ2n) is 3.62. The molecule has 0 aliphatic carbocycles. The molecule has 0 spiro atoms. The molecule has 0 aliphatic heterocycles. The minimum Gasteiger partial charge on any atom is -0.493 e. The maximum Gasteiger partial charge on any atom is 0.335 e. The largest absolute Gasteiger partial charge is 0.493 e. The van der Waals surface area contributed by atoms with Crippen molar-refractivity contribution in [3.8, 4) is 5.75 Å². The third-order valence-corrected chi connectivity index (χ3v) is 2.95. The highest BCUT2D eigenvalue weighted by Crippen LogP contribution is 2.17. The van der Waals surface area contributed by atoms with E-state index in [1.54, 1.807) is 19.1 Å². The van der Waals surface area contributed by atoms with E-state index in [0.29, 0.717) is 29.2 Å². The van der Waals surface area contributed by atoms with Crippen molar-refractivity contribution in [2.75, 3.05) is 12.4 Å². The molecule has 6 nitrogen and oxygen atoms in total. The fourth-order valence-corrected chi connectivity index (χ4v) is 1.96. The lowest BCUT2D eigenvalue weighted by molar-refractivity contribution is 0.0696. The zero-order chi connectivity index (χ0) is 13.7. The van der Waals surface area contributed by atoms with Gasteiger partial charge in [-0.15, -0.1) is 10.2 Å². The van der Waals surface area contributed by atoms with E-state index in [9.17, 15) is 4.79 Å². The molecular formula is C12H12N2O4S. The van der Waals surface area contributed by atoms with E-state index in [1.807, 2.05) is 0 Å². The Bertz CT molecular complexity index is 570. The van der Waals surface area contributed by atoms with Gasteiger partial charge in [0.25, 0.3) is 5.22 Å². The molecule has 1 N–H and O–H groups in total. The fourth-order valence-electron chi connectivity index (χ4n) is 1.34. The van der Waals surface area contributed by atoms with Gasteiger partial charge < -0.3 is 14.3 Å². The van der Waals surface area contributed by atoms with Crippen LogP contribution < -0.4 is 4.74 Å². The molecule has 7 heteroatoms. The lowest BCUT2D eigenvalue weighted by Crippen LogP contribution is -2.02. The average Bonchev–Trinajstić information content (AvgIpc) is 2.81. The van der Waals surface area contributed by atoms with E-state index >= 15 is 0 Å². The lowest BCUT2D eigenvalue weighted by Gasteiger charge is -2.05. The van der Waals surface area contributed by atoms with E-state index in [1.165, 1.54) is 23.9 Å².